The van der Waals surface area contributed by atoms with E-state index in [1.165, 1.54) is 24.3 Å². The highest BCUT2D eigenvalue weighted by molar-refractivity contribution is 6.45. The molecule has 2 amide bonds. The molecule has 0 saturated carbocycles. The van der Waals surface area contributed by atoms with E-state index in [2.05, 4.69) is 0 Å². The van der Waals surface area contributed by atoms with Gasteiger partial charge in [-0.25, -0.2) is 4.90 Å². The number of aliphatic hydroxyl groups excluding tert-OH is 1. The van der Waals surface area contributed by atoms with Crippen molar-refractivity contribution in [2.75, 3.05) is 31.2 Å². The van der Waals surface area contributed by atoms with Gasteiger partial charge in [0.05, 0.1) is 22.8 Å². The lowest BCUT2D eigenvalue weighted by Gasteiger charge is -2.34. The summed E-state index contributed by atoms with van der Waals surface area (Å²) >= 11 is 0. The van der Waals surface area contributed by atoms with Gasteiger partial charge in [0, 0.05) is 37.9 Å². The lowest BCUT2D eigenvalue weighted by Crippen LogP contribution is -2.40. The molecule has 0 radical (unpaired) electrons. The van der Waals surface area contributed by atoms with Crippen molar-refractivity contribution < 1.29 is 24.4 Å². The van der Waals surface area contributed by atoms with Gasteiger partial charge in [0.25, 0.3) is 17.5 Å². The number of carbonyl (C=O) groups excluding carboxylic acids is 2. The minimum Gasteiger partial charge on any atom is -0.494 e. The van der Waals surface area contributed by atoms with Crippen molar-refractivity contribution in [2.45, 2.75) is 19.8 Å². The van der Waals surface area contributed by atoms with Crippen molar-refractivity contribution in [1.82, 2.24) is 4.90 Å². The molecule has 1 saturated heterocycles. The van der Waals surface area contributed by atoms with Crippen LogP contribution in [0.5, 0.6) is 5.75 Å². The Hall–Kier alpha value is -3.72. The third-order valence-corrected chi connectivity index (χ3v) is 5.91. The largest absolute Gasteiger partial charge is 0.494 e. The van der Waals surface area contributed by atoms with Crippen LogP contribution in [0.15, 0.2) is 54.2 Å². The first-order valence-electron chi connectivity index (χ1n) is 10.9. The number of aliphatic hydroxyl groups is 1. The lowest BCUT2D eigenvalue weighted by atomic mass is 9.97. The maximum Gasteiger partial charge on any atom is 0.282 e. The third-order valence-electron chi connectivity index (χ3n) is 5.91. The van der Waals surface area contributed by atoms with Crippen LogP contribution in [0, 0.1) is 16.0 Å². The summed E-state index contributed by atoms with van der Waals surface area (Å²) in [6.07, 6.45) is 1.62. The van der Waals surface area contributed by atoms with E-state index in [0.717, 1.165) is 17.7 Å². The van der Waals surface area contributed by atoms with Gasteiger partial charge in [0.1, 0.15) is 11.4 Å². The highest BCUT2D eigenvalue weighted by Gasteiger charge is 2.43. The van der Waals surface area contributed by atoms with Crippen molar-refractivity contribution in [3.05, 3.63) is 69.9 Å². The average Bonchev–Trinajstić information content (AvgIpc) is 3.09. The summed E-state index contributed by atoms with van der Waals surface area (Å²) in [6.45, 7) is 3.32. The Morgan fingerprint density at radius 2 is 1.91 bits per heavy atom. The zero-order valence-corrected chi connectivity index (χ0v) is 18.3. The van der Waals surface area contributed by atoms with Gasteiger partial charge in [0.15, 0.2) is 0 Å². The Morgan fingerprint density at radius 3 is 2.58 bits per heavy atom. The minimum atomic E-state index is -0.511. The Kier molecular flexibility index (Phi) is 6.41. The van der Waals surface area contributed by atoms with Gasteiger partial charge in [0.2, 0.25) is 0 Å². The first kappa shape index (κ1) is 22.5. The van der Waals surface area contributed by atoms with Crippen molar-refractivity contribution in [3.8, 4) is 5.75 Å². The van der Waals surface area contributed by atoms with Crippen molar-refractivity contribution in [2.24, 2.45) is 5.92 Å². The van der Waals surface area contributed by atoms with E-state index in [1.807, 2.05) is 11.8 Å². The molecular formula is C24H25N3O6. The maximum atomic E-state index is 13.6. The molecule has 0 aliphatic carbocycles. The molecule has 2 aliphatic heterocycles. The van der Waals surface area contributed by atoms with E-state index < -0.39 is 16.7 Å². The van der Waals surface area contributed by atoms with Gasteiger partial charge in [-0.15, -0.1) is 0 Å². The molecule has 9 heteroatoms. The average molecular weight is 451 g/mol. The second kappa shape index (κ2) is 9.41. The molecular weight excluding hydrogens is 426 g/mol. The number of nitro benzene ring substituents is 1. The number of likely N-dealkylation sites (tertiary alicyclic amines) is 1. The highest BCUT2D eigenvalue weighted by Crippen LogP contribution is 2.37. The Balaban J connectivity index is 1.79. The molecule has 0 aromatic heterocycles. The molecule has 1 unspecified atom stereocenters. The zero-order valence-electron chi connectivity index (χ0n) is 18.3. The molecule has 4 rings (SSSR count). The number of imide groups is 1. The normalized spacial score (nSPS) is 18.8. The predicted molar refractivity (Wildman–Crippen MR) is 122 cm³/mol. The molecule has 172 valence electrons. The fraction of sp³-hybridized carbons (Fsp3) is 0.333. The molecule has 2 aromatic rings. The summed E-state index contributed by atoms with van der Waals surface area (Å²) in [7, 11) is 0. The number of non-ortho nitro benzene ring substituents is 1. The van der Waals surface area contributed by atoms with Gasteiger partial charge < -0.3 is 14.7 Å². The van der Waals surface area contributed by atoms with E-state index in [9.17, 15) is 24.8 Å². The molecule has 33 heavy (non-hydrogen) atoms. The number of hydrogen-bond acceptors (Lipinski definition) is 7. The van der Waals surface area contributed by atoms with Gasteiger partial charge in [-0.2, -0.15) is 0 Å². The number of carbonyl (C=O) groups is 2. The van der Waals surface area contributed by atoms with E-state index in [-0.39, 0.29) is 29.5 Å². The van der Waals surface area contributed by atoms with Crippen molar-refractivity contribution >= 4 is 28.8 Å². The minimum absolute atomic E-state index is 0.00109. The third kappa shape index (κ3) is 4.31. The molecule has 0 spiro atoms. The van der Waals surface area contributed by atoms with Crippen LogP contribution >= 0.6 is 0 Å². The SMILES string of the molecule is CCOc1cccc(N2C(=O)C(c3ccc([N+](=O)[O-])cc3)=C(N3CCCC(CO)C3)C2=O)c1. The van der Waals surface area contributed by atoms with Crippen molar-refractivity contribution in [3.63, 3.8) is 0 Å². The summed E-state index contributed by atoms with van der Waals surface area (Å²) < 4.78 is 5.53. The van der Waals surface area contributed by atoms with Crippen LogP contribution in [-0.4, -0.2) is 53.0 Å². The standard InChI is InChI=1S/C24H25N3O6/c1-2-33-20-7-3-6-19(13-20)26-23(29)21(17-8-10-18(11-9-17)27(31)32)22(24(26)30)25-12-4-5-16(14-25)15-28/h3,6-11,13,16,28H,2,4-5,12,14-15H2,1H3. The van der Waals surface area contributed by atoms with E-state index in [1.54, 1.807) is 24.3 Å². The Labute approximate surface area is 191 Å². The number of ether oxygens (including phenoxy) is 1. The quantitative estimate of drug-likeness (QED) is 0.391. The fourth-order valence-corrected chi connectivity index (χ4v) is 4.35. The molecule has 9 nitrogen and oxygen atoms in total. The summed E-state index contributed by atoms with van der Waals surface area (Å²) in [5.41, 5.74) is 1.19. The van der Waals surface area contributed by atoms with Gasteiger partial charge in [-0.1, -0.05) is 6.07 Å². The monoisotopic (exact) mass is 451 g/mol. The fourth-order valence-electron chi connectivity index (χ4n) is 4.35. The molecule has 2 aliphatic rings. The molecule has 1 fully saturated rings. The molecule has 2 heterocycles. The molecule has 2 aromatic carbocycles. The summed E-state index contributed by atoms with van der Waals surface area (Å²) in [5.74, 6) is -0.411. The number of rotatable bonds is 7. The van der Waals surface area contributed by atoms with Crippen LogP contribution in [0.4, 0.5) is 11.4 Å². The van der Waals surface area contributed by atoms with Gasteiger partial charge in [-0.3, -0.25) is 19.7 Å². The summed E-state index contributed by atoms with van der Waals surface area (Å²) in [6, 6.07) is 12.4. The highest BCUT2D eigenvalue weighted by atomic mass is 16.6. The first-order chi connectivity index (χ1) is 15.9. The van der Waals surface area contributed by atoms with Crippen LogP contribution in [0.1, 0.15) is 25.3 Å². The molecule has 1 N–H and O–H groups in total. The first-order valence-corrected chi connectivity index (χ1v) is 10.9. The molecule has 1 atom stereocenters. The lowest BCUT2D eigenvalue weighted by molar-refractivity contribution is -0.384. The summed E-state index contributed by atoms with van der Waals surface area (Å²) in [5, 5.41) is 20.7. The van der Waals surface area contributed by atoms with Gasteiger partial charge in [-0.05, 0) is 55.5 Å². The van der Waals surface area contributed by atoms with Crippen LogP contribution in [0.3, 0.4) is 0 Å². The number of anilines is 1. The predicted octanol–water partition coefficient (Wildman–Crippen LogP) is 2.98. The zero-order chi connectivity index (χ0) is 23.5. The number of hydrogen-bond donors (Lipinski definition) is 1. The van der Waals surface area contributed by atoms with E-state index in [0.29, 0.717) is 36.7 Å². The Bertz CT molecular complexity index is 1110. The Morgan fingerprint density at radius 1 is 1.15 bits per heavy atom. The summed E-state index contributed by atoms with van der Waals surface area (Å²) in [4.78, 5) is 40.8. The van der Waals surface area contributed by atoms with Crippen LogP contribution in [-0.2, 0) is 9.59 Å². The number of nitro groups is 1. The number of benzene rings is 2. The van der Waals surface area contributed by atoms with Crippen LogP contribution in [0.25, 0.3) is 5.57 Å². The van der Waals surface area contributed by atoms with Crippen molar-refractivity contribution in [1.29, 1.82) is 0 Å². The van der Waals surface area contributed by atoms with Crippen LogP contribution < -0.4 is 9.64 Å². The van der Waals surface area contributed by atoms with E-state index in [4.69, 9.17) is 4.74 Å². The molecule has 0 bridgehead atoms. The van der Waals surface area contributed by atoms with Crippen LogP contribution in [0.2, 0.25) is 0 Å². The number of nitrogens with zero attached hydrogens (tertiary/aromatic N) is 3. The second-order valence-electron chi connectivity index (χ2n) is 8.04. The maximum absolute atomic E-state index is 13.6. The topological polar surface area (TPSA) is 113 Å². The smallest absolute Gasteiger partial charge is 0.282 e. The van der Waals surface area contributed by atoms with Gasteiger partial charge >= 0.3 is 0 Å². The van der Waals surface area contributed by atoms with E-state index >= 15 is 0 Å². The number of piperidine rings is 1. The number of amides is 2. The second-order valence-corrected chi connectivity index (χ2v) is 8.04.